The van der Waals surface area contributed by atoms with Gasteiger partial charge in [-0.1, -0.05) is 36.4 Å². The van der Waals surface area contributed by atoms with Crippen LogP contribution in [0.25, 0.3) is 0 Å². The van der Waals surface area contributed by atoms with E-state index in [0.29, 0.717) is 55.8 Å². The SMILES string of the molecule is O=C(NC(=O)N1CCC(Cc2ccc(F)cc2F)CC1)c1ccc(OCc2ccccc2)cc1. The molecule has 1 saturated heterocycles. The molecule has 0 aromatic heterocycles. The summed E-state index contributed by atoms with van der Waals surface area (Å²) in [6, 6.07) is 19.6. The van der Waals surface area contributed by atoms with Crippen LogP contribution in [-0.2, 0) is 13.0 Å². The number of hydrogen-bond donors (Lipinski definition) is 1. The molecule has 1 heterocycles. The fraction of sp³-hybridized carbons (Fsp3) is 0.259. The maximum Gasteiger partial charge on any atom is 0.324 e. The summed E-state index contributed by atoms with van der Waals surface area (Å²) in [6.45, 7) is 1.37. The molecule has 1 fully saturated rings. The quantitative estimate of drug-likeness (QED) is 0.535. The number of carbonyl (C=O) groups excluding carboxylic acids is 2. The van der Waals surface area contributed by atoms with Gasteiger partial charge in [0.05, 0.1) is 0 Å². The van der Waals surface area contributed by atoms with Crippen LogP contribution in [0.2, 0.25) is 0 Å². The summed E-state index contributed by atoms with van der Waals surface area (Å²) in [5.41, 5.74) is 1.89. The van der Waals surface area contributed by atoms with E-state index < -0.39 is 23.6 Å². The number of amides is 3. The Morgan fingerprint density at radius 2 is 1.65 bits per heavy atom. The molecule has 0 spiro atoms. The number of benzene rings is 3. The van der Waals surface area contributed by atoms with Crippen LogP contribution in [0.15, 0.2) is 72.8 Å². The average molecular weight is 465 g/mol. The topological polar surface area (TPSA) is 58.6 Å². The molecule has 1 aliphatic heterocycles. The third kappa shape index (κ3) is 6.19. The van der Waals surface area contributed by atoms with Crippen LogP contribution in [0.4, 0.5) is 13.6 Å². The van der Waals surface area contributed by atoms with Crippen LogP contribution >= 0.6 is 0 Å². The van der Waals surface area contributed by atoms with Gasteiger partial charge in [-0.2, -0.15) is 0 Å². The Labute approximate surface area is 197 Å². The highest BCUT2D eigenvalue weighted by atomic mass is 19.1. The van der Waals surface area contributed by atoms with E-state index in [4.69, 9.17) is 4.74 Å². The lowest BCUT2D eigenvalue weighted by molar-refractivity contribution is 0.0945. The predicted molar refractivity (Wildman–Crippen MR) is 124 cm³/mol. The van der Waals surface area contributed by atoms with E-state index in [1.54, 1.807) is 29.2 Å². The Hall–Kier alpha value is -3.74. The minimum Gasteiger partial charge on any atom is -0.489 e. The summed E-state index contributed by atoms with van der Waals surface area (Å²) in [7, 11) is 0. The van der Waals surface area contributed by atoms with Gasteiger partial charge in [-0.05, 0) is 66.6 Å². The standard InChI is InChI=1S/C27H26F2N2O3/c28-23-9-6-22(25(29)17-23)16-19-12-14-31(15-13-19)27(33)30-26(32)21-7-10-24(11-8-21)34-18-20-4-2-1-3-5-20/h1-11,17,19H,12-16,18H2,(H,30,32,33). The normalized spacial score (nSPS) is 14.0. The first-order valence-corrected chi connectivity index (χ1v) is 11.3. The van der Waals surface area contributed by atoms with E-state index in [9.17, 15) is 18.4 Å². The molecule has 3 aromatic carbocycles. The van der Waals surface area contributed by atoms with Crippen molar-refractivity contribution in [3.8, 4) is 5.75 Å². The molecule has 0 unspecified atom stereocenters. The molecule has 0 saturated carbocycles. The Morgan fingerprint density at radius 3 is 2.32 bits per heavy atom. The molecule has 4 rings (SSSR count). The first-order chi connectivity index (χ1) is 16.5. The Kier molecular flexibility index (Phi) is 7.52. The molecule has 5 nitrogen and oxygen atoms in total. The third-order valence-corrected chi connectivity index (χ3v) is 6.01. The molecular weight excluding hydrogens is 438 g/mol. The summed E-state index contributed by atoms with van der Waals surface area (Å²) in [4.78, 5) is 26.6. The number of carbonyl (C=O) groups is 2. The molecule has 1 aliphatic rings. The van der Waals surface area contributed by atoms with E-state index in [-0.39, 0.29) is 5.92 Å². The molecule has 3 aromatic rings. The smallest absolute Gasteiger partial charge is 0.324 e. The Bertz CT molecular complexity index is 1130. The van der Waals surface area contributed by atoms with Crippen LogP contribution in [-0.4, -0.2) is 29.9 Å². The number of ether oxygens (including phenoxy) is 1. The molecule has 176 valence electrons. The van der Waals surface area contributed by atoms with E-state index in [0.717, 1.165) is 11.6 Å². The van der Waals surface area contributed by atoms with Gasteiger partial charge < -0.3 is 9.64 Å². The van der Waals surface area contributed by atoms with Crippen LogP contribution in [0.3, 0.4) is 0 Å². The lowest BCUT2D eigenvalue weighted by Gasteiger charge is -2.32. The monoisotopic (exact) mass is 464 g/mol. The molecule has 0 atom stereocenters. The van der Waals surface area contributed by atoms with Crippen molar-refractivity contribution >= 4 is 11.9 Å². The third-order valence-electron chi connectivity index (χ3n) is 6.01. The van der Waals surface area contributed by atoms with E-state index in [1.165, 1.54) is 12.1 Å². The van der Waals surface area contributed by atoms with E-state index in [1.807, 2.05) is 30.3 Å². The Morgan fingerprint density at radius 1 is 0.941 bits per heavy atom. The molecule has 0 bridgehead atoms. The highest BCUT2D eigenvalue weighted by Gasteiger charge is 2.25. The van der Waals surface area contributed by atoms with E-state index in [2.05, 4.69) is 5.32 Å². The van der Waals surface area contributed by atoms with Crippen LogP contribution < -0.4 is 10.1 Å². The van der Waals surface area contributed by atoms with Crippen molar-refractivity contribution in [2.75, 3.05) is 13.1 Å². The molecule has 34 heavy (non-hydrogen) atoms. The van der Waals surface area contributed by atoms with Crippen molar-refractivity contribution in [3.05, 3.63) is 101 Å². The lowest BCUT2D eigenvalue weighted by Crippen LogP contribution is -2.46. The predicted octanol–water partition coefficient (Wildman–Crippen LogP) is 5.35. The van der Waals surface area contributed by atoms with Gasteiger partial charge >= 0.3 is 6.03 Å². The number of hydrogen-bond acceptors (Lipinski definition) is 3. The molecule has 7 heteroatoms. The summed E-state index contributed by atoms with van der Waals surface area (Å²) < 4.78 is 32.7. The fourth-order valence-corrected chi connectivity index (χ4v) is 4.03. The second-order valence-corrected chi connectivity index (χ2v) is 8.43. The number of rotatable bonds is 6. The molecule has 0 radical (unpaired) electrons. The number of imide groups is 1. The first-order valence-electron chi connectivity index (χ1n) is 11.3. The number of nitrogens with zero attached hydrogens (tertiary/aromatic N) is 1. The van der Waals surface area contributed by atoms with Crippen molar-refractivity contribution in [1.29, 1.82) is 0 Å². The zero-order valence-corrected chi connectivity index (χ0v) is 18.7. The summed E-state index contributed by atoms with van der Waals surface area (Å²) in [5.74, 6) is -0.779. The van der Waals surface area contributed by atoms with Crippen molar-refractivity contribution in [2.24, 2.45) is 5.92 Å². The maximum atomic E-state index is 13.9. The summed E-state index contributed by atoms with van der Waals surface area (Å²) >= 11 is 0. The lowest BCUT2D eigenvalue weighted by atomic mass is 9.90. The second-order valence-electron chi connectivity index (χ2n) is 8.43. The molecule has 1 N–H and O–H groups in total. The number of likely N-dealkylation sites (tertiary alicyclic amines) is 1. The zero-order chi connectivity index (χ0) is 23.9. The number of urea groups is 1. The highest BCUT2D eigenvalue weighted by Crippen LogP contribution is 2.23. The second kappa shape index (κ2) is 10.9. The van der Waals surface area contributed by atoms with Crippen LogP contribution in [0.5, 0.6) is 5.75 Å². The van der Waals surface area contributed by atoms with Crippen molar-refractivity contribution in [3.63, 3.8) is 0 Å². The number of nitrogens with one attached hydrogen (secondary N) is 1. The molecule has 3 amide bonds. The van der Waals surface area contributed by atoms with Gasteiger partial charge in [0.25, 0.3) is 5.91 Å². The van der Waals surface area contributed by atoms with Gasteiger partial charge in [-0.3, -0.25) is 10.1 Å². The van der Waals surface area contributed by atoms with Gasteiger partial charge in [0.2, 0.25) is 0 Å². The van der Waals surface area contributed by atoms with Gasteiger partial charge in [-0.25, -0.2) is 13.6 Å². The maximum absolute atomic E-state index is 13.9. The molecular formula is C27H26F2N2O3. The molecule has 0 aliphatic carbocycles. The van der Waals surface area contributed by atoms with Crippen molar-refractivity contribution in [2.45, 2.75) is 25.9 Å². The van der Waals surface area contributed by atoms with Gasteiger partial charge in [0.1, 0.15) is 24.0 Å². The summed E-state index contributed by atoms with van der Waals surface area (Å²) in [5, 5.41) is 2.43. The van der Waals surface area contributed by atoms with E-state index >= 15 is 0 Å². The minimum atomic E-state index is -0.591. The number of halogens is 2. The number of piperidine rings is 1. The Balaban J connectivity index is 1.23. The summed E-state index contributed by atoms with van der Waals surface area (Å²) in [6.07, 6.45) is 1.87. The van der Waals surface area contributed by atoms with Gasteiger partial charge in [-0.15, -0.1) is 0 Å². The fourth-order valence-electron chi connectivity index (χ4n) is 4.03. The zero-order valence-electron chi connectivity index (χ0n) is 18.7. The van der Waals surface area contributed by atoms with Crippen LogP contribution in [0.1, 0.15) is 34.3 Å². The average Bonchev–Trinajstić information content (AvgIpc) is 2.86. The van der Waals surface area contributed by atoms with Crippen molar-refractivity contribution < 1.29 is 23.1 Å². The highest BCUT2D eigenvalue weighted by molar-refractivity contribution is 6.04. The minimum absolute atomic E-state index is 0.197. The van der Waals surface area contributed by atoms with Crippen molar-refractivity contribution in [1.82, 2.24) is 10.2 Å². The van der Waals surface area contributed by atoms with Gasteiger partial charge in [0, 0.05) is 24.7 Å². The van der Waals surface area contributed by atoms with Gasteiger partial charge in [0.15, 0.2) is 0 Å². The first kappa shape index (κ1) is 23.4. The van der Waals surface area contributed by atoms with Crippen LogP contribution in [0, 0.1) is 17.6 Å². The largest absolute Gasteiger partial charge is 0.489 e.